The van der Waals surface area contributed by atoms with E-state index in [4.69, 9.17) is 0 Å². The largest absolute Gasteiger partial charge is 0.387 e. The van der Waals surface area contributed by atoms with E-state index in [9.17, 15) is 9.50 Å². The number of nitrogens with zero attached hydrogens (tertiary/aromatic N) is 1. The van der Waals surface area contributed by atoms with Crippen molar-refractivity contribution in [1.29, 1.82) is 0 Å². The van der Waals surface area contributed by atoms with Crippen LogP contribution in [0.5, 0.6) is 0 Å². The van der Waals surface area contributed by atoms with Crippen molar-refractivity contribution >= 4 is 11.3 Å². The van der Waals surface area contributed by atoms with E-state index in [1.165, 1.54) is 17.4 Å². The summed E-state index contributed by atoms with van der Waals surface area (Å²) in [5.41, 5.74) is 2.31. The van der Waals surface area contributed by atoms with Gasteiger partial charge in [0.15, 0.2) is 0 Å². The van der Waals surface area contributed by atoms with Crippen molar-refractivity contribution in [3.63, 3.8) is 0 Å². The van der Waals surface area contributed by atoms with E-state index in [0.29, 0.717) is 10.6 Å². The molecule has 1 atom stereocenters. The zero-order valence-corrected chi connectivity index (χ0v) is 10.9. The Kier molecular flexibility index (Phi) is 2.92. The van der Waals surface area contributed by atoms with Gasteiger partial charge in [0.1, 0.15) is 10.8 Å². The number of aliphatic hydroxyl groups excluding tert-OH is 1. The van der Waals surface area contributed by atoms with Gasteiger partial charge < -0.3 is 5.11 Å². The number of hydrogen-bond donors (Lipinski definition) is 1. The molecule has 1 unspecified atom stereocenters. The molecule has 1 aromatic heterocycles. The molecule has 1 heterocycles. The van der Waals surface area contributed by atoms with Gasteiger partial charge in [-0.3, -0.25) is 0 Å². The average molecular weight is 263 g/mol. The minimum Gasteiger partial charge on any atom is -0.387 e. The van der Waals surface area contributed by atoms with Gasteiger partial charge in [-0.2, -0.15) is 0 Å². The minimum absolute atomic E-state index is 0.249. The fourth-order valence-electron chi connectivity index (χ4n) is 2.31. The topological polar surface area (TPSA) is 33.1 Å². The number of aryl methyl sites for hydroxylation is 2. The van der Waals surface area contributed by atoms with Crippen LogP contribution in [-0.2, 0) is 6.42 Å². The van der Waals surface area contributed by atoms with Crippen LogP contribution in [0.15, 0.2) is 18.2 Å². The SMILES string of the molecule is Cc1ccc(F)c(-c2nc3c(s2)CCCC3O)c1. The molecule has 0 spiro atoms. The van der Waals surface area contributed by atoms with Crippen LogP contribution in [0.25, 0.3) is 10.6 Å². The lowest BCUT2D eigenvalue weighted by Crippen LogP contribution is -2.07. The van der Waals surface area contributed by atoms with Crippen LogP contribution in [0, 0.1) is 12.7 Å². The van der Waals surface area contributed by atoms with E-state index < -0.39 is 6.10 Å². The fourth-order valence-corrected chi connectivity index (χ4v) is 3.49. The van der Waals surface area contributed by atoms with E-state index >= 15 is 0 Å². The molecule has 1 aliphatic rings. The van der Waals surface area contributed by atoms with Gasteiger partial charge in [-0.15, -0.1) is 11.3 Å². The maximum Gasteiger partial charge on any atom is 0.133 e. The van der Waals surface area contributed by atoms with Crippen LogP contribution in [0.3, 0.4) is 0 Å². The number of rotatable bonds is 1. The highest BCUT2D eigenvalue weighted by Gasteiger charge is 2.24. The molecule has 0 radical (unpaired) electrons. The van der Waals surface area contributed by atoms with Crippen molar-refractivity contribution in [3.05, 3.63) is 40.2 Å². The molecule has 1 N–H and O–H groups in total. The van der Waals surface area contributed by atoms with E-state index in [2.05, 4.69) is 4.98 Å². The Labute approximate surface area is 109 Å². The van der Waals surface area contributed by atoms with Crippen molar-refractivity contribution in [3.8, 4) is 10.6 Å². The summed E-state index contributed by atoms with van der Waals surface area (Å²) in [5, 5.41) is 10.6. The maximum absolute atomic E-state index is 13.8. The highest BCUT2D eigenvalue weighted by Crippen LogP contribution is 2.37. The lowest BCUT2D eigenvalue weighted by Gasteiger charge is -2.14. The van der Waals surface area contributed by atoms with E-state index in [0.717, 1.165) is 35.4 Å². The van der Waals surface area contributed by atoms with Crippen LogP contribution < -0.4 is 0 Å². The maximum atomic E-state index is 13.8. The Morgan fingerprint density at radius 2 is 2.28 bits per heavy atom. The third kappa shape index (κ3) is 1.95. The Morgan fingerprint density at radius 1 is 1.44 bits per heavy atom. The van der Waals surface area contributed by atoms with E-state index in [-0.39, 0.29) is 5.82 Å². The number of thiazole rings is 1. The van der Waals surface area contributed by atoms with Gasteiger partial charge in [-0.1, -0.05) is 11.6 Å². The second-order valence-corrected chi connectivity index (χ2v) is 5.80. The van der Waals surface area contributed by atoms with Crippen LogP contribution in [-0.4, -0.2) is 10.1 Å². The Hall–Kier alpha value is -1.26. The van der Waals surface area contributed by atoms with E-state index in [1.807, 2.05) is 13.0 Å². The fraction of sp³-hybridized carbons (Fsp3) is 0.357. The summed E-state index contributed by atoms with van der Waals surface area (Å²) in [6, 6.07) is 5.04. The predicted molar refractivity (Wildman–Crippen MR) is 70.1 cm³/mol. The monoisotopic (exact) mass is 263 g/mol. The Bertz CT molecular complexity index is 593. The molecule has 0 fully saturated rings. The molecule has 0 aliphatic heterocycles. The molecular formula is C14H14FNOS. The quantitative estimate of drug-likeness (QED) is 0.852. The molecule has 2 nitrogen and oxygen atoms in total. The molecule has 94 valence electrons. The minimum atomic E-state index is -0.480. The summed E-state index contributed by atoms with van der Waals surface area (Å²) < 4.78 is 13.8. The number of aliphatic hydroxyl groups is 1. The summed E-state index contributed by atoms with van der Waals surface area (Å²) >= 11 is 1.50. The molecule has 0 bridgehead atoms. The second kappa shape index (κ2) is 4.44. The Morgan fingerprint density at radius 3 is 3.06 bits per heavy atom. The van der Waals surface area contributed by atoms with Crippen molar-refractivity contribution in [2.75, 3.05) is 0 Å². The molecule has 0 saturated heterocycles. The Balaban J connectivity index is 2.10. The smallest absolute Gasteiger partial charge is 0.133 e. The number of benzene rings is 1. The lowest BCUT2D eigenvalue weighted by molar-refractivity contribution is 0.153. The van der Waals surface area contributed by atoms with Crippen LogP contribution in [0.2, 0.25) is 0 Å². The van der Waals surface area contributed by atoms with E-state index in [1.54, 1.807) is 6.07 Å². The first-order chi connectivity index (χ1) is 8.65. The molecule has 0 saturated carbocycles. The highest BCUT2D eigenvalue weighted by molar-refractivity contribution is 7.15. The summed E-state index contributed by atoms with van der Waals surface area (Å²) in [6.07, 6.45) is 2.20. The molecular weight excluding hydrogens is 249 g/mol. The summed E-state index contributed by atoms with van der Waals surface area (Å²) in [4.78, 5) is 5.53. The molecule has 1 aliphatic carbocycles. The summed E-state index contributed by atoms with van der Waals surface area (Å²) in [7, 11) is 0. The number of aromatic nitrogens is 1. The second-order valence-electron chi connectivity index (χ2n) is 4.72. The van der Waals surface area contributed by atoms with Crippen molar-refractivity contribution in [1.82, 2.24) is 4.98 Å². The van der Waals surface area contributed by atoms with Gasteiger partial charge in [0, 0.05) is 10.4 Å². The summed E-state index contributed by atoms with van der Waals surface area (Å²) in [5.74, 6) is -0.249. The number of hydrogen-bond acceptors (Lipinski definition) is 3. The van der Waals surface area contributed by atoms with Gasteiger partial charge >= 0.3 is 0 Å². The molecule has 0 amide bonds. The third-order valence-corrected chi connectivity index (χ3v) is 4.44. The van der Waals surface area contributed by atoms with Crippen molar-refractivity contribution in [2.45, 2.75) is 32.3 Å². The van der Waals surface area contributed by atoms with Gasteiger partial charge in [0.2, 0.25) is 0 Å². The standard InChI is InChI=1S/C14H14FNOS/c1-8-5-6-10(15)9(7-8)14-16-13-11(17)3-2-4-12(13)18-14/h5-7,11,17H,2-4H2,1H3. The molecule has 3 rings (SSSR count). The predicted octanol–water partition coefficient (Wildman–Crippen LogP) is 3.63. The van der Waals surface area contributed by atoms with Crippen LogP contribution in [0.1, 0.15) is 35.1 Å². The van der Waals surface area contributed by atoms with Gasteiger partial charge in [0.25, 0.3) is 0 Å². The van der Waals surface area contributed by atoms with Gasteiger partial charge in [-0.05, 0) is 38.3 Å². The molecule has 1 aromatic carbocycles. The normalized spacial score (nSPS) is 18.7. The van der Waals surface area contributed by atoms with Crippen molar-refractivity contribution < 1.29 is 9.50 Å². The molecule has 4 heteroatoms. The summed E-state index contributed by atoms with van der Waals surface area (Å²) in [6.45, 7) is 1.94. The zero-order valence-electron chi connectivity index (χ0n) is 10.1. The molecule has 18 heavy (non-hydrogen) atoms. The van der Waals surface area contributed by atoms with Crippen LogP contribution >= 0.6 is 11.3 Å². The zero-order chi connectivity index (χ0) is 12.7. The average Bonchev–Trinajstić information content (AvgIpc) is 2.77. The van der Waals surface area contributed by atoms with Gasteiger partial charge in [-0.25, -0.2) is 9.37 Å². The van der Waals surface area contributed by atoms with Gasteiger partial charge in [0.05, 0.1) is 11.8 Å². The lowest BCUT2D eigenvalue weighted by atomic mass is 10.0. The first-order valence-corrected chi connectivity index (χ1v) is 6.91. The van der Waals surface area contributed by atoms with Crippen LogP contribution in [0.4, 0.5) is 4.39 Å². The first-order valence-electron chi connectivity index (χ1n) is 6.09. The first kappa shape index (κ1) is 11.8. The highest BCUT2D eigenvalue weighted by atomic mass is 32.1. The number of halogens is 1. The third-order valence-electron chi connectivity index (χ3n) is 3.28. The number of fused-ring (bicyclic) bond motifs is 1. The van der Waals surface area contributed by atoms with Crippen molar-refractivity contribution in [2.24, 2.45) is 0 Å². The molecule has 2 aromatic rings.